The number of hydrogen-bond acceptors (Lipinski definition) is 2. The van der Waals surface area contributed by atoms with E-state index in [1.807, 2.05) is 0 Å². The second-order valence-electron chi connectivity index (χ2n) is 3.67. The standard InChI is InChI=1S/C9H14F3NO2/c1-13-8(14)15-7-4-2-6(3-5-7)9(10,11)12/h6-7H,2-5H2,1H3,(H,13,14)/t6-,7-. The topological polar surface area (TPSA) is 38.3 Å². The van der Waals surface area contributed by atoms with Gasteiger partial charge in [-0.3, -0.25) is 0 Å². The van der Waals surface area contributed by atoms with E-state index in [2.05, 4.69) is 5.32 Å². The Morgan fingerprint density at radius 1 is 1.27 bits per heavy atom. The highest BCUT2D eigenvalue weighted by Crippen LogP contribution is 2.38. The summed E-state index contributed by atoms with van der Waals surface area (Å²) in [5, 5.41) is 2.27. The van der Waals surface area contributed by atoms with Crippen molar-refractivity contribution in [3.8, 4) is 0 Å². The maximum absolute atomic E-state index is 12.3. The highest BCUT2D eigenvalue weighted by Gasteiger charge is 2.41. The highest BCUT2D eigenvalue weighted by atomic mass is 19.4. The fourth-order valence-electron chi connectivity index (χ4n) is 1.72. The third-order valence-electron chi connectivity index (χ3n) is 2.61. The molecule has 0 saturated heterocycles. The molecule has 0 aromatic carbocycles. The van der Waals surface area contributed by atoms with Crippen LogP contribution in [0.15, 0.2) is 0 Å². The van der Waals surface area contributed by atoms with E-state index >= 15 is 0 Å². The number of hydrogen-bond donors (Lipinski definition) is 1. The molecule has 3 nitrogen and oxygen atoms in total. The van der Waals surface area contributed by atoms with E-state index in [0.29, 0.717) is 0 Å². The van der Waals surface area contributed by atoms with Gasteiger partial charge in [0.2, 0.25) is 0 Å². The normalized spacial score (nSPS) is 27.2. The number of amides is 1. The van der Waals surface area contributed by atoms with Crippen LogP contribution in [-0.2, 0) is 4.74 Å². The van der Waals surface area contributed by atoms with Crippen molar-refractivity contribution in [1.29, 1.82) is 0 Å². The second-order valence-corrected chi connectivity index (χ2v) is 3.67. The molecule has 88 valence electrons. The molecule has 0 atom stereocenters. The predicted molar refractivity (Wildman–Crippen MR) is 47.3 cm³/mol. The summed E-state index contributed by atoms with van der Waals surface area (Å²) in [5.74, 6) is -1.23. The van der Waals surface area contributed by atoms with Crippen LogP contribution in [0.2, 0.25) is 0 Å². The summed E-state index contributed by atoms with van der Waals surface area (Å²) < 4.78 is 41.7. The lowest BCUT2D eigenvalue weighted by Crippen LogP contribution is -2.33. The molecule has 0 radical (unpaired) electrons. The molecule has 1 saturated carbocycles. The molecule has 0 aromatic rings. The Morgan fingerprint density at radius 2 is 1.80 bits per heavy atom. The number of nitrogens with one attached hydrogen (secondary N) is 1. The van der Waals surface area contributed by atoms with Gasteiger partial charge in [-0.2, -0.15) is 13.2 Å². The lowest BCUT2D eigenvalue weighted by atomic mass is 9.87. The average molecular weight is 225 g/mol. The van der Waals surface area contributed by atoms with Crippen LogP contribution < -0.4 is 5.32 Å². The van der Waals surface area contributed by atoms with Gasteiger partial charge in [-0.05, 0) is 25.7 Å². The number of halogens is 3. The van der Waals surface area contributed by atoms with Gasteiger partial charge in [-0.25, -0.2) is 4.79 Å². The van der Waals surface area contributed by atoms with Crippen LogP contribution >= 0.6 is 0 Å². The zero-order chi connectivity index (χ0) is 11.5. The molecule has 15 heavy (non-hydrogen) atoms. The predicted octanol–water partition coefficient (Wildman–Crippen LogP) is 2.46. The molecule has 0 bridgehead atoms. The van der Waals surface area contributed by atoms with Crippen molar-refractivity contribution in [1.82, 2.24) is 5.32 Å². The molecule has 0 aromatic heterocycles. The first-order chi connectivity index (χ1) is 6.93. The molecular formula is C9H14F3NO2. The minimum Gasteiger partial charge on any atom is -0.446 e. The van der Waals surface area contributed by atoms with Gasteiger partial charge in [0.25, 0.3) is 0 Å². The Balaban J connectivity index is 2.33. The van der Waals surface area contributed by atoms with E-state index < -0.39 is 18.2 Å². The van der Waals surface area contributed by atoms with Gasteiger partial charge in [-0.1, -0.05) is 0 Å². The summed E-state index contributed by atoms with van der Waals surface area (Å²) in [5.41, 5.74) is 0. The average Bonchev–Trinajstić information content (AvgIpc) is 2.17. The number of ether oxygens (including phenoxy) is 1. The molecule has 1 aliphatic carbocycles. The van der Waals surface area contributed by atoms with Crippen molar-refractivity contribution >= 4 is 6.09 Å². The number of alkyl carbamates (subject to hydrolysis) is 1. The Hall–Kier alpha value is -0.940. The zero-order valence-corrected chi connectivity index (χ0v) is 8.43. The maximum Gasteiger partial charge on any atom is 0.407 e. The third kappa shape index (κ3) is 3.60. The maximum atomic E-state index is 12.3. The van der Waals surface area contributed by atoms with Gasteiger partial charge in [0, 0.05) is 7.05 Å². The summed E-state index contributed by atoms with van der Waals surface area (Å²) in [4.78, 5) is 10.8. The monoisotopic (exact) mass is 225 g/mol. The van der Waals surface area contributed by atoms with E-state index in [0.717, 1.165) is 0 Å². The van der Waals surface area contributed by atoms with Gasteiger partial charge in [-0.15, -0.1) is 0 Å². The minimum atomic E-state index is -4.11. The fourth-order valence-corrected chi connectivity index (χ4v) is 1.72. The van der Waals surface area contributed by atoms with Crippen molar-refractivity contribution in [2.75, 3.05) is 7.05 Å². The summed E-state index contributed by atoms with van der Waals surface area (Å²) in [6, 6.07) is 0. The molecule has 1 amide bonds. The summed E-state index contributed by atoms with van der Waals surface area (Å²) in [6.45, 7) is 0. The fraction of sp³-hybridized carbons (Fsp3) is 0.889. The molecule has 0 unspecified atom stereocenters. The molecular weight excluding hydrogens is 211 g/mol. The summed E-state index contributed by atoms with van der Waals surface area (Å²) in [7, 11) is 1.42. The van der Waals surface area contributed by atoms with Crippen LogP contribution in [0.1, 0.15) is 25.7 Å². The first kappa shape index (κ1) is 12.1. The van der Waals surface area contributed by atoms with E-state index in [9.17, 15) is 18.0 Å². The van der Waals surface area contributed by atoms with Crippen molar-refractivity contribution < 1.29 is 22.7 Å². The minimum absolute atomic E-state index is 0.0468. The van der Waals surface area contributed by atoms with E-state index in [4.69, 9.17) is 4.74 Å². The SMILES string of the molecule is CNC(=O)O[C@H]1CC[C@H](C(F)(F)F)CC1. The van der Waals surface area contributed by atoms with Crippen LogP contribution in [0.4, 0.5) is 18.0 Å². The molecule has 0 heterocycles. The summed E-state index contributed by atoms with van der Waals surface area (Å²) >= 11 is 0. The number of carbonyl (C=O) groups is 1. The molecule has 1 fully saturated rings. The number of alkyl halides is 3. The van der Waals surface area contributed by atoms with Crippen LogP contribution in [0.5, 0.6) is 0 Å². The van der Waals surface area contributed by atoms with Gasteiger partial charge >= 0.3 is 12.3 Å². The van der Waals surface area contributed by atoms with Crippen molar-refractivity contribution in [2.24, 2.45) is 5.92 Å². The van der Waals surface area contributed by atoms with Crippen LogP contribution in [0.25, 0.3) is 0 Å². The van der Waals surface area contributed by atoms with E-state index in [-0.39, 0.29) is 31.8 Å². The Labute approximate surface area is 86.0 Å². The lowest BCUT2D eigenvalue weighted by molar-refractivity contribution is -0.185. The second kappa shape index (κ2) is 4.72. The van der Waals surface area contributed by atoms with Crippen LogP contribution in [-0.4, -0.2) is 25.4 Å². The number of carbonyl (C=O) groups excluding carboxylic acids is 1. The molecule has 6 heteroatoms. The van der Waals surface area contributed by atoms with E-state index in [1.165, 1.54) is 7.05 Å². The first-order valence-electron chi connectivity index (χ1n) is 4.88. The van der Waals surface area contributed by atoms with Gasteiger partial charge in [0.05, 0.1) is 5.92 Å². The number of rotatable bonds is 1. The van der Waals surface area contributed by atoms with Crippen LogP contribution in [0, 0.1) is 5.92 Å². The molecule has 0 spiro atoms. The highest BCUT2D eigenvalue weighted by molar-refractivity contribution is 5.66. The first-order valence-corrected chi connectivity index (χ1v) is 4.88. The van der Waals surface area contributed by atoms with Crippen LogP contribution in [0.3, 0.4) is 0 Å². The lowest BCUT2D eigenvalue weighted by Gasteiger charge is -2.29. The quantitative estimate of drug-likeness (QED) is 0.744. The van der Waals surface area contributed by atoms with Gasteiger partial charge in [0.15, 0.2) is 0 Å². The Bertz CT molecular complexity index is 222. The van der Waals surface area contributed by atoms with Crippen molar-refractivity contribution in [3.05, 3.63) is 0 Å². The van der Waals surface area contributed by atoms with Gasteiger partial charge in [0.1, 0.15) is 6.10 Å². The smallest absolute Gasteiger partial charge is 0.407 e. The summed E-state index contributed by atoms with van der Waals surface area (Å²) in [6.07, 6.45) is -4.39. The molecule has 1 N–H and O–H groups in total. The van der Waals surface area contributed by atoms with Crippen molar-refractivity contribution in [3.63, 3.8) is 0 Å². The van der Waals surface area contributed by atoms with Crippen molar-refractivity contribution in [2.45, 2.75) is 38.0 Å². The molecule has 0 aliphatic heterocycles. The largest absolute Gasteiger partial charge is 0.446 e. The Kier molecular flexibility index (Phi) is 3.82. The van der Waals surface area contributed by atoms with E-state index in [1.54, 1.807) is 0 Å². The van der Waals surface area contributed by atoms with Gasteiger partial charge < -0.3 is 10.1 Å². The third-order valence-corrected chi connectivity index (χ3v) is 2.61. The molecule has 1 rings (SSSR count). The molecule has 1 aliphatic rings. The Morgan fingerprint density at radius 3 is 2.20 bits per heavy atom. The zero-order valence-electron chi connectivity index (χ0n) is 8.43.